The third-order valence-corrected chi connectivity index (χ3v) is 3.21. The van der Waals surface area contributed by atoms with Crippen molar-refractivity contribution in [3.63, 3.8) is 0 Å². The van der Waals surface area contributed by atoms with Crippen LogP contribution in [0.3, 0.4) is 0 Å². The maximum absolute atomic E-state index is 9.82. The Hall–Kier alpha value is -1.13. The Morgan fingerprint density at radius 3 is 2.50 bits per heavy atom. The quantitative estimate of drug-likeness (QED) is 0.876. The van der Waals surface area contributed by atoms with E-state index in [1.807, 2.05) is 26.1 Å². The summed E-state index contributed by atoms with van der Waals surface area (Å²) in [6, 6.07) is 4.15. The third-order valence-electron chi connectivity index (χ3n) is 3.21. The third kappa shape index (κ3) is 3.68. The van der Waals surface area contributed by atoms with Crippen molar-refractivity contribution < 1.29 is 5.11 Å². The second-order valence-corrected chi connectivity index (χ2v) is 5.77. The monoisotopic (exact) mass is 249 g/mol. The van der Waals surface area contributed by atoms with Gasteiger partial charge in [-0.1, -0.05) is 0 Å². The predicted molar refractivity (Wildman–Crippen MR) is 73.9 cm³/mol. The van der Waals surface area contributed by atoms with Crippen molar-refractivity contribution in [1.29, 1.82) is 0 Å². The minimum absolute atomic E-state index is 0.607. The molecule has 0 bridgehead atoms. The highest BCUT2D eigenvalue weighted by molar-refractivity contribution is 5.41. The largest absolute Gasteiger partial charge is 0.389 e. The summed E-state index contributed by atoms with van der Waals surface area (Å²) >= 11 is 0. The molecule has 1 aliphatic rings. The van der Waals surface area contributed by atoms with Crippen LogP contribution < -0.4 is 4.90 Å². The first-order valence-corrected chi connectivity index (χ1v) is 6.56. The molecule has 4 nitrogen and oxygen atoms in total. The van der Waals surface area contributed by atoms with Crippen LogP contribution in [0.4, 0.5) is 5.82 Å². The van der Waals surface area contributed by atoms with E-state index >= 15 is 0 Å². The van der Waals surface area contributed by atoms with Crippen molar-refractivity contribution in [3.8, 4) is 0 Å². The second kappa shape index (κ2) is 5.24. The Balaban J connectivity index is 1.91. The average Bonchev–Trinajstić information content (AvgIpc) is 2.28. The number of piperazine rings is 1. The number of pyridine rings is 1. The number of hydrogen-bond acceptors (Lipinski definition) is 4. The number of anilines is 1. The first kappa shape index (κ1) is 13.3. The molecule has 2 rings (SSSR count). The van der Waals surface area contributed by atoms with Gasteiger partial charge in [-0.05, 0) is 38.5 Å². The van der Waals surface area contributed by atoms with Crippen molar-refractivity contribution in [1.82, 2.24) is 9.88 Å². The molecule has 0 amide bonds. The van der Waals surface area contributed by atoms with E-state index in [9.17, 15) is 5.11 Å². The van der Waals surface area contributed by atoms with Crippen LogP contribution in [0.2, 0.25) is 0 Å². The smallest absolute Gasteiger partial charge is 0.128 e. The van der Waals surface area contributed by atoms with E-state index in [-0.39, 0.29) is 0 Å². The number of rotatable bonds is 3. The van der Waals surface area contributed by atoms with Crippen LogP contribution in [0.15, 0.2) is 18.3 Å². The van der Waals surface area contributed by atoms with Crippen LogP contribution in [0.1, 0.15) is 19.4 Å². The highest BCUT2D eigenvalue weighted by Crippen LogP contribution is 2.15. The molecule has 1 aliphatic heterocycles. The molecule has 0 spiro atoms. The molecule has 1 N–H and O–H groups in total. The molecule has 1 aromatic rings. The van der Waals surface area contributed by atoms with Crippen LogP contribution >= 0.6 is 0 Å². The van der Waals surface area contributed by atoms with Crippen molar-refractivity contribution in [2.75, 3.05) is 37.6 Å². The molecule has 2 heterocycles. The number of aryl methyl sites for hydroxylation is 1. The molecule has 0 saturated carbocycles. The van der Waals surface area contributed by atoms with Gasteiger partial charge in [-0.25, -0.2) is 4.98 Å². The van der Waals surface area contributed by atoms with Gasteiger partial charge in [-0.2, -0.15) is 0 Å². The fourth-order valence-electron chi connectivity index (χ4n) is 2.38. The summed E-state index contributed by atoms with van der Waals surface area (Å²) in [4.78, 5) is 9.05. The topological polar surface area (TPSA) is 39.6 Å². The maximum atomic E-state index is 9.82. The normalized spacial score (nSPS) is 18.1. The zero-order chi connectivity index (χ0) is 13.2. The van der Waals surface area contributed by atoms with Crippen molar-refractivity contribution in [2.24, 2.45) is 0 Å². The fraction of sp³-hybridized carbons (Fsp3) is 0.643. The molecule has 0 radical (unpaired) electrons. The molecule has 0 aliphatic carbocycles. The van der Waals surface area contributed by atoms with Gasteiger partial charge in [0.1, 0.15) is 5.82 Å². The second-order valence-electron chi connectivity index (χ2n) is 5.77. The first-order chi connectivity index (χ1) is 8.44. The van der Waals surface area contributed by atoms with Crippen molar-refractivity contribution in [2.45, 2.75) is 26.4 Å². The van der Waals surface area contributed by atoms with E-state index in [2.05, 4.69) is 27.8 Å². The average molecular weight is 249 g/mol. The van der Waals surface area contributed by atoms with Crippen LogP contribution in [0.25, 0.3) is 0 Å². The summed E-state index contributed by atoms with van der Waals surface area (Å²) in [5.41, 5.74) is 0.642. The molecule has 1 fully saturated rings. The standard InChI is InChI=1S/C14H23N3O/c1-12-4-5-15-13(10-12)17-8-6-16(7-9-17)11-14(2,3)18/h4-5,10,18H,6-9,11H2,1-3H3. The van der Waals surface area contributed by atoms with Gasteiger partial charge in [0, 0.05) is 38.9 Å². The van der Waals surface area contributed by atoms with E-state index in [4.69, 9.17) is 0 Å². The molecule has 0 atom stereocenters. The maximum Gasteiger partial charge on any atom is 0.128 e. The van der Waals surface area contributed by atoms with Gasteiger partial charge >= 0.3 is 0 Å². The van der Waals surface area contributed by atoms with Crippen LogP contribution in [-0.2, 0) is 0 Å². The lowest BCUT2D eigenvalue weighted by atomic mass is 10.1. The number of aliphatic hydroxyl groups is 1. The SMILES string of the molecule is Cc1ccnc(N2CCN(CC(C)(C)O)CC2)c1. The number of β-amino-alcohol motifs (C(OH)–C–C–N with tert-alkyl or cyclic N) is 1. The highest BCUT2D eigenvalue weighted by atomic mass is 16.3. The Morgan fingerprint density at radius 1 is 1.28 bits per heavy atom. The minimum atomic E-state index is -0.607. The van der Waals surface area contributed by atoms with Crippen LogP contribution in [0, 0.1) is 6.92 Å². The molecule has 1 saturated heterocycles. The lowest BCUT2D eigenvalue weighted by molar-refractivity contribution is 0.0344. The molecular weight excluding hydrogens is 226 g/mol. The lowest BCUT2D eigenvalue weighted by Gasteiger charge is -2.37. The Kier molecular flexibility index (Phi) is 3.88. The van der Waals surface area contributed by atoms with Gasteiger partial charge in [0.25, 0.3) is 0 Å². The van der Waals surface area contributed by atoms with Crippen LogP contribution in [-0.4, -0.2) is 53.3 Å². The predicted octanol–water partition coefficient (Wildman–Crippen LogP) is 1.28. The summed E-state index contributed by atoms with van der Waals surface area (Å²) in [7, 11) is 0. The molecule has 4 heteroatoms. The molecule has 1 aromatic heterocycles. The Morgan fingerprint density at radius 2 is 1.94 bits per heavy atom. The van der Waals surface area contributed by atoms with E-state index in [0.29, 0.717) is 0 Å². The van der Waals surface area contributed by atoms with Gasteiger partial charge in [0.2, 0.25) is 0 Å². The van der Waals surface area contributed by atoms with Gasteiger partial charge in [-0.3, -0.25) is 4.90 Å². The Labute approximate surface area is 109 Å². The molecule has 18 heavy (non-hydrogen) atoms. The van der Waals surface area contributed by atoms with E-state index in [1.54, 1.807) is 0 Å². The number of nitrogens with zero attached hydrogens (tertiary/aromatic N) is 3. The van der Waals surface area contributed by atoms with Gasteiger partial charge in [-0.15, -0.1) is 0 Å². The molecule has 0 unspecified atom stereocenters. The highest BCUT2D eigenvalue weighted by Gasteiger charge is 2.23. The van der Waals surface area contributed by atoms with Gasteiger partial charge in [0.15, 0.2) is 0 Å². The zero-order valence-corrected chi connectivity index (χ0v) is 11.6. The van der Waals surface area contributed by atoms with E-state index in [1.165, 1.54) is 5.56 Å². The summed E-state index contributed by atoms with van der Waals surface area (Å²) in [5.74, 6) is 1.07. The van der Waals surface area contributed by atoms with Crippen molar-refractivity contribution in [3.05, 3.63) is 23.9 Å². The van der Waals surface area contributed by atoms with Gasteiger partial charge < -0.3 is 10.0 Å². The number of aromatic nitrogens is 1. The fourth-order valence-corrected chi connectivity index (χ4v) is 2.38. The van der Waals surface area contributed by atoms with Gasteiger partial charge in [0.05, 0.1) is 5.60 Å². The summed E-state index contributed by atoms with van der Waals surface area (Å²) in [6.07, 6.45) is 1.87. The molecule has 0 aromatic carbocycles. The Bertz CT molecular complexity index is 392. The van der Waals surface area contributed by atoms with Crippen molar-refractivity contribution >= 4 is 5.82 Å². The summed E-state index contributed by atoms with van der Waals surface area (Å²) < 4.78 is 0. The van der Waals surface area contributed by atoms with E-state index in [0.717, 1.165) is 38.5 Å². The lowest BCUT2D eigenvalue weighted by Crippen LogP contribution is -2.50. The van der Waals surface area contributed by atoms with E-state index < -0.39 is 5.60 Å². The van der Waals surface area contributed by atoms with Crippen LogP contribution in [0.5, 0.6) is 0 Å². The zero-order valence-electron chi connectivity index (χ0n) is 11.6. The first-order valence-electron chi connectivity index (χ1n) is 6.56. The minimum Gasteiger partial charge on any atom is -0.389 e. The summed E-state index contributed by atoms with van der Waals surface area (Å²) in [6.45, 7) is 10.5. The molecular formula is C14H23N3O. The molecule has 100 valence electrons. The summed E-state index contributed by atoms with van der Waals surface area (Å²) in [5, 5.41) is 9.82. The number of hydrogen-bond donors (Lipinski definition) is 1.